The predicted octanol–water partition coefficient (Wildman–Crippen LogP) is -0.143. The molecule has 0 saturated carbocycles. The predicted molar refractivity (Wildman–Crippen MR) is 89.2 cm³/mol. The fourth-order valence-corrected chi connectivity index (χ4v) is 3.05. The van der Waals surface area contributed by atoms with Crippen molar-refractivity contribution in [2.75, 3.05) is 33.8 Å². The molecule has 1 fully saturated rings. The normalized spacial score (nSPS) is 24.0. The Morgan fingerprint density at radius 3 is 2.83 bits per heavy atom. The molecule has 2 rings (SSSR count). The molecule has 1 aliphatic rings. The highest BCUT2D eigenvalue weighted by molar-refractivity contribution is 7.77. The first kappa shape index (κ1) is 18.4. The number of rotatable bonds is 5. The first-order valence-corrected chi connectivity index (χ1v) is 8.69. The minimum absolute atomic E-state index is 0.126. The molecule has 0 radical (unpaired) electrons. The minimum Gasteiger partial charge on any atom is -0.349 e. The Balaban J connectivity index is 2.12. The van der Waals surface area contributed by atoms with Gasteiger partial charge >= 0.3 is 5.69 Å². The van der Waals surface area contributed by atoms with Crippen molar-refractivity contribution >= 4 is 21.0 Å². The summed E-state index contributed by atoms with van der Waals surface area (Å²) in [6, 6.07) is 0. The first-order chi connectivity index (χ1) is 10.8. The molecule has 1 aliphatic heterocycles. The Morgan fingerprint density at radius 1 is 1.48 bits per heavy atom. The summed E-state index contributed by atoms with van der Waals surface area (Å²) < 4.78 is 27.3. The average Bonchev–Trinajstić information content (AvgIpc) is 2.47. The van der Waals surface area contributed by atoms with Crippen LogP contribution in [0.4, 0.5) is 0 Å². The molecule has 11 heteroatoms. The summed E-state index contributed by atoms with van der Waals surface area (Å²) in [6.45, 7) is 2.58. The van der Waals surface area contributed by atoms with Crippen molar-refractivity contribution in [3.8, 4) is 0 Å². The number of hydrogen-bond donors (Lipinski definition) is 2. The van der Waals surface area contributed by atoms with Crippen molar-refractivity contribution in [1.82, 2.24) is 18.5 Å². The molecular formula is C12H21N4O5PS. The van der Waals surface area contributed by atoms with Gasteiger partial charge in [-0.3, -0.25) is 18.9 Å². The van der Waals surface area contributed by atoms with Gasteiger partial charge in [-0.2, -0.15) is 0 Å². The van der Waals surface area contributed by atoms with Crippen LogP contribution in [0.25, 0.3) is 0 Å². The molecule has 1 unspecified atom stereocenters. The van der Waals surface area contributed by atoms with E-state index in [1.807, 2.05) is 0 Å². The van der Waals surface area contributed by atoms with Crippen molar-refractivity contribution in [1.29, 1.82) is 0 Å². The van der Waals surface area contributed by atoms with E-state index < -0.39 is 25.7 Å². The van der Waals surface area contributed by atoms with Crippen molar-refractivity contribution in [2.24, 2.45) is 0 Å². The van der Waals surface area contributed by atoms with Gasteiger partial charge in [0.05, 0.1) is 19.3 Å². The number of ether oxygens (including phenoxy) is 1. The highest BCUT2D eigenvalue weighted by atomic mass is 32.1. The Morgan fingerprint density at radius 2 is 2.17 bits per heavy atom. The third-order valence-corrected chi connectivity index (χ3v) is 4.82. The van der Waals surface area contributed by atoms with Gasteiger partial charge in [-0.25, -0.2) is 13.8 Å². The fourth-order valence-electron chi connectivity index (χ4n) is 2.14. The third kappa shape index (κ3) is 4.79. The summed E-state index contributed by atoms with van der Waals surface area (Å²) in [5.74, 6) is 0. The summed E-state index contributed by atoms with van der Waals surface area (Å²) in [5.41, 5.74) is -0.556. The lowest BCUT2D eigenvalue weighted by Crippen LogP contribution is -2.46. The Labute approximate surface area is 139 Å². The average molecular weight is 364 g/mol. The van der Waals surface area contributed by atoms with Gasteiger partial charge in [0.25, 0.3) is 13.7 Å². The molecule has 1 aromatic rings. The van der Waals surface area contributed by atoms with Gasteiger partial charge in [-0.05, 0) is 21.0 Å². The molecule has 0 spiro atoms. The third-order valence-electron chi connectivity index (χ3n) is 3.34. The second-order valence-corrected chi connectivity index (χ2v) is 7.81. The van der Waals surface area contributed by atoms with Crippen molar-refractivity contribution in [3.63, 3.8) is 0 Å². The number of thiol groups is 1. The molecule has 0 amide bonds. The maximum atomic E-state index is 12.0. The largest absolute Gasteiger partial charge is 0.349 e. The molecule has 2 heterocycles. The smallest absolute Gasteiger partial charge is 0.330 e. The summed E-state index contributed by atoms with van der Waals surface area (Å²) in [5, 5.41) is 0. The van der Waals surface area contributed by atoms with Gasteiger partial charge in [0.15, 0.2) is 6.23 Å². The molecule has 0 aromatic carbocycles. The van der Waals surface area contributed by atoms with Gasteiger partial charge in [0.1, 0.15) is 0 Å². The molecule has 130 valence electrons. The number of nitrogens with zero attached hydrogens (tertiary/aromatic N) is 3. The molecule has 23 heavy (non-hydrogen) atoms. The fraction of sp³-hybridized carbons (Fsp3) is 0.667. The zero-order valence-electron chi connectivity index (χ0n) is 13.2. The second kappa shape index (κ2) is 7.78. The molecule has 1 aromatic heterocycles. The monoisotopic (exact) mass is 364 g/mol. The lowest BCUT2D eigenvalue weighted by Gasteiger charge is -2.35. The molecule has 1 saturated heterocycles. The lowest BCUT2D eigenvalue weighted by molar-refractivity contribution is -0.112. The highest BCUT2D eigenvalue weighted by Crippen LogP contribution is 2.27. The molecule has 0 bridgehead atoms. The zero-order valence-corrected chi connectivity index (χ0v) is 15.1. The Hall–Kier alpha value is -0.900. The first-order valence-electron chi connectivity index (χ1n) is 7.03. The molecule has 1 N–H and O–H groups in total. The van der Waals surface area contributed by atoms with Crippen LogP contribution in [0.15, 0.2) is 15.8 Å². The number of aryl methyl sites for hydroxylation is 1. The van der Waals surface area contributed by atoms with Gasteiger partial charge in [-0.1, -0.05) is 12.8 Å². The maximum Gasteiger partial charge on any atom is 0.330 e. The topological polar surface area (TPSA) is 96.9 Å². The molecular weight excluding hydrogens is 343 g/mol. The van der Waals surface area contributed by atoms with E-state index in [0.29, 0.717) is 18.7 Å². The second-order valence-electron chi connectivity index (χ2n) is 5.53. The summed E-state index contributed by atoms with van der Waals surface area (Å²) in [6.07, 6.45) is 0.457. The van der Waals surface area contributed by atoms with E-state index in [0.717, 1.165) is 0 Å². The lowest BCUT2D eigenvalue weighted by atomic mass is 10.3. The van der Waals surface area contributed by atoms with Crippen LogP contribution in [-0.2, 0) is 13.8 Å². The number of aromatic amines is 1. The van der Waals surface area contributed by atoms with Crippen LogP contribution in [0.1, 0.15) is 11.8 Å². The van der Waals surface area contributed by atoms with Crippen molar-refractivity contribution < 1.29 is 13.8 Å². The number of morpholine rings is 1. The van der Waals surface area contributed by atoms with E-state index in [9.17, 15) is 14.2 Å². The van der Waals surface area contributed by atoms with E-state index >= 15 is 0 Å². The van der Waals surface area contributed by atoms with Crippen LogP contribution in [0.5, 0.6) is 0 Å². The van der Waals surface area contributed by atoms with E-state index in [4.69, 9.17) is 9.26 Å². The molecule has 0 aliphatic carbocycles. The highest BCUT2D eigenvalue weighted by Gasteiger charge is 2.29. The van der Waals surface area contributed by atoms with E-state index in [-0.39, 0.29) is 12.7 Å². The quantitative estimate of drug-likeness (QED) is 0.554. The summed E-state index contributed by atoms with van der Waals surface area (Å²) in [4.78, 5) is 25.7. The van der Waals surface area contributed by atoms with E-state index in [1.54, 1.807) is 25.3 Å². The van der Waals surface area contributed by atoms with Crippen LogP contribution in [-0.4, -0.2) is 58.4 Å². The van der Waals surface area contributed by atoms with Gasteiger partial charge in [0, 0.05) is 18.3 Å². The van der Waals surface area contributed by atoms with Crippen LogP contribution in [0, 0.1) is 6.92 Å². The number of H-pyrrole nitrogens is 1. The summed E-state index contributed by atoms with van der Waals surface area (Å²) in [7, 11) is 1.05. The van der Waals surface area contributed by atoms with Gasteiger partial charge in [0.2, 0.25) is 0 Å². The van der Waals surface area contributed by atoms with Crippen molar-refractivity contribution in [2.45, 2.75) is 19.3 Å². The standard InChI is InChI=1S/C12H21N4O5PS/c1-8-4-16(12(18)13-11(8)17)10-6-15(23)5-9(21-10)7-20-22(19)14(2)3/h4,9-10,22-23H,5-7H2,1-3H3,(H,13,17,18)/t9-,10+/m0/s1. The maximum absolute atomic E-state index is 12.0. The Kier molecular flexibility index (Phi) is 6.24. The Bertz CT molecular complexity index is 691. The van der Waals surface area contributed by atoms with E-state index in [2.05, 4.69) is 17.8 Å². The van der Waals surface area contributed by atoms with Crippen LogP contribution in [0.2, 0.25) is 0 Å². The van der Waals surface area contributed by atoms with Crippen LogP contribution < -0.4 is 11.2 Å². The van der Waals surface area contributed by atoms with Gasteiger partial charge in [-0.15, -0.1) is 0 Å². The van der Waals surface area contributed by atoms with Gasteiger partial charge < -0.3 is 9.26 Å². The number of nitrogens with one attached hydrogen (secondary N) is 1. The molecule has 9 nitrogen and oxygen atoms in total. The summed E-state index contributed by atoms with van der Waals surface area (Å²) >= 11 is 4.33. The SMILES string of the molecule is Cc1cn([C@H]2CN(S)C[C@@H](CO[PH](=O)N(C)C)O2)c(=O)[nH]c1=O. The van der Waals surface area contributed by atoms with Crippen LogP contribution >= 0.6 is 21.0 Å². The number of aromatic nitrogens is 2. The van der Waals surface area contributed by atoms with Crippen molar-refractivity contribution in [3.05, 3.63) is 32.6 Å². The van der Waals surface area contributed by atoms with Crippen LogP contribution in [0.3, 0.4) is 0 Å². The zero-order chi connectivity index (χ0) is 17.1. The number of hydrogen-bond acceptors (Lipinski definition) is 7. The minimum atomic E-state index is -2.28. The molecule has 3 atom stereocenters. The van der Waals surface area contributed by atoms with E-state index in [1.165, 1.54) is 15.4 Å².